The molecule has 5 heteroatoms. The first kappa shape index (κ1) is 11.0. The molecule has 17 heavy (non-hydrogen) atoms. The molecule has 90 valence electrons. The van der Waals surface area contributed by atoms with Gasteiger partial charge in [0.05, 0.1) is 11.6 Å². The number of carbonyl (C=O) groups is 1. The Morgan fingerprint density at radius 2 is 2.06 bits per heavy atom. The van der Waals surface area contributed by atoms with Crippen molar-refractivity contribution in [3.63, 3.8) is 0 Å². The largest absolute Gasteiger partial charge is 0.481 e. The van der Waals surface area contributed by atoms with Gasteiger partial charge in [0.25, 0.3) is 0 Å². The number of aryl methyl sites for hydroxylation is 1. The number of rotatable bonds is 2. The molecule has 0 aliphatic heterocycles. The molecule has 0 amide bonds. The first-order chi connectivity index (χ1) is 8.15. The van der Waals surface area contributed by atoms with Gasteiger partial charge in [-0.1, -0.05) is 0 Å². The molecule has 0 saturated heterocycles. The van der Waals surface area contributed by atoms with Gasteiger partial charge < -0.3 is 5.11 Å². The van der Waals surface area contributed by atoms with Crippen LogP contribution in [0.15, 0.2) is 0 Å². The monoisotopic (exact) mass is 252 g/mol. The standard InChI is InChI=1S/C12H13ClN2O2/c13-12-14-9-3-1-2-8(9)10(15-12)6-4-7(5-6)11(16)17/h6-7H,1-5H2,(H,16,17). The van der Waals surface area contributed by atoms with Crippen LogP contribution in [0.5, 0.6) is 0 Å². The molecule has 0 unspecified atom stereocenters. The third-order valence-electron chi connectivity index (χ3n) is 3.81. The lowest BCUT2D eigenvalue weighted by molar-refractivity contribution is -0.145. The number of aromatic nitrogens is 2. The van der Waals surface area contributed by atoms with E-state index in [1.54, 1.807) is 0 Å². The van der Waals surface area contributed by atoms with Crippen molar-refractivity contribution >= 4 is 17.6 Å². The SMILES string of the molecule is O=C(O)C1CC(c2nc(Cl)nc3c2CCC3)C1. The van der Waals surface area contributed by atoms with Crippen molar-refractivity contribution in [2.45, 2.75) is 38.0 Å². The molecule has 1 heterocycles. The van der Waals surface area contributed by atoms with E-state index in [2.05, 4.69) is 9.97 Å². The van der Waals surface area contributed by atoms with Crippen LogP contribution in [0, 0.1) is 5.92 Å². The van der Waals surface area contributed by atoms with Gasteiger partial charge in [0, 0.05) is 11.6 Å². The first-order valence-electron chi connectivity index (χ1n) is 5.93. The minimum absolute atomic E-state index is 0.203. The zero-order chi connectivity index (χ0) is 12.0. The van der Waals surface area contributed by atoms with Gasteiger partial charge in [-0.05, 0) is 49.3 Å². The van der Waals surface area contributed by atoms with E-state index in [1.165, 1.54) is 5.56 Å². The molecule has 4 nitrogen and oxygen atoms in total. The molecule has 0 spiro atoms. The van der Waals surface area contributed by atoms with E-state index in [-0.39, 0.29) is 11.8 Å². The second kappa shape index (κ2) is 3.95. The summed E-state index contributed by atoms with van der Waals surface area (Å²) in [5.74, 6) is -0.632. The summed E-state index contributed by atoms with van der Waals surface area (Å²) in [5.41, 5.74) is 3.30. The molecular formula is C12H13ClN2O2. The predicted octanol–water partition coefficient (Wildman–Crippen LogP) is 2.20. The highest BCUT2D eigenvalue weighted by atomic mass is 35.5. The van der Waals surface area contributed by atoms with Gasteiger partial charge >= 0.3 is 5.97 Å². The maximum absolute atomic E-state index is 10.8. The van der Waals surface area contributed by atoms with Gasteiger partial charge in [0.2, 0.25) is 5.28 Å². The molecule has 1 N–H and O–H groups in total. The molecule has 3 rings (SSSR count). The normalized spacial score (nSPS) is 26.4. The van der Waals surface area contributed by atoms with Crippen LogP contribution in [-0.2, 0) is 17.6 Å². The van der Waals surface area contributed by atoms with E-state index in [4.69, 9.17) is 16.7 Å². The Bertz CT molecular complexity index is 484. The average molecular weight is 253 g/mol. The van der Waals surface area contributed by atoms with Crippen LogP contribution in [0.25, 0.3) is 0 Å². The summed E-state index contributed by atoms with van der Waals surface area (Å²) in [6.07, 6.45) is 4.46. The maximum atomic E-state index is 10.8. The van der Waals surface area contributed by atoms with Crippen LogP contribution < -0.4 is 0 Å². The summed E-state index contributed by atoms with van der Waals surface area (Å²) in [4.78, 5) is 19.4. The molecule has 0 atom stereocenters. The topological polar surface area (TPSA) is 63.1 Å². The zero-order valence-electron chi connectivity index (χ0n) is 9.32. The fourth-order valence-electron chi connectivity index (χ4n) is 2.81. The fraction of sp³-hybridized carbons (Fsp3) is 0.583. The van der Waals surface area contributed by atoms with Gasteiger partial charge in [-0.15, -0.1) is 0 Å². The minimum Gasteiger partial charge on any atom is -0.481 e. The van der Waals surface area contributed by atoms with Crippen molar-refractivity contribution in [1.82, 2.24) is 9.97 Å². The first-order valence-corrected chi connectivity index (χ1v) is 6.31. The van der Waals surface area contributed by atoms with Gasteiger partial charge in [-0.3, -0.25) is 4.79 Å². The second-order valence-electron chi connectivity index (χ2n) is 4.86. The second-order valence-corrected chi connectivity index (χ2v) is 5.20. The summed E-state index contributed by atoms with van der Waals surface area (Å²) in [6, 6.07) is 0. The van der Waals surface area contributed by atoms with E-state index >= 15 is 0 Å². The Kier molecular flexibility index (Phi) is 2.54. The maximum Gasteiger partial charge on any atom is 0.306 e. The van der Waals surface area contributed by atoms with Gasteiger partial charge in [-0.2, -0.15) is 0 Å². The van der Waals surface area contributed by atoms with E-state index in [0.29, 0.717) is 18.1 Å². The lowest BCUT2D eigenvalue weighted by Crippen LogP contribution is -2.30. The molecule has 0 aromatic carbocycles. The number of carboxylic acid groups (broad SMARTS) is 1. The number of aliphatic carboxylic acids is 1. The van der Waals surface area contributed by atoms with Crippen LogP contribution in [0.4, 0.5) is 0 Å². The van der Waals surface area contributed by atoms with Gasteiger partial charge in [0.15, 0.2) is 0 Å². The highest BCUT2D eigenvalue weighted by Crippen LogP contribution is 2.43. The molecule has 1 saturated carbocycles. The number of carboxylic acids is 1. The molecule has 1 aromatic heterocycles. The molecule has 2 aliphatic carbocycles. The van der Waals surface area contributed by atoms with E-state index < -0.39 is 5.97 Å². The summed E-state index contributed by atoms with van der Waals surface area (Å²) in [5, 5.41) is 9.19. The molecule has 1 aromatic rings. The van der Waals surface area contributed by atoms with Crippen molar-refractivity contribution in [3.8, 4) is 0 Å². The van der Waals surface area contributed by atoms with Crippen LogP contribution >= 0.6 is 11.6 Å². The summed E-state index contributed by atoms with van der Waals surface area (Å²) in [7, 11) is 0. The quantitative estimate of drug-likeness (QED) is 0.820. The van der Waals surface area contributed by atoms with Crippen LogP contribution in [0.3, 0.4) is 0 Å². The molecule has 2 aliphatic rings. The van der Waals surface area contributed by atoms with Crippen LogP contribution in [0.1, 0.15) is 42.1 Å². The number of hydrogen-bond donors (Lipinski definition) is 1. The van der Waals surface area contributed by atoms with Crippen molar-refractivity contribution < 1.29 is 9.90 Å². The van der Waals surface area contributed by atoms with Crippen molar-refractivity contribution in [3.05, 3.63) is 22.2 Å². The lowest BCUT2D eigenvalue weighted by Gasteiger charge is -2.32. The highest BCUT2D eigenvalue weighted by molar-refractivity contribution is 6.28. The Labute approximate surface area is 104 Å². The average Bonchev–Trinajstić information content (AvgIpc) is 2.61. The number of fused-ring (bicyclic) bond motifs is 1. The lowest BCUT2D eigenvalue weighted by atomic mass is 9.72. The number of hydrogen-bond acceptors (Lipinski definition) is 3. The molecule has 1 fully saturated rings. The molecule has 0 bridgehead atoms. The minimum atomic E-state index is -0.696. The van der Waals surface area contributed by atoms with E-state index in [0.717, 1.165) is 30.7 Å². The van der Waals surface area contributed by atoms with Crippen molar-refractivity contribution in [2.75, 3.05) is 0 Å². The number of halogens is 1. The fourth-order valence-corrected chi connectivity index (χ4v) is 3.00. The van der Waals surface area contributed by atoms with E-state index in [9.17, 15) is 4.79 Å². The number of nitrogens with zero attached hydrogens (tertiary/aromatic N) is 2. The third kappa shape index (κ3) is 1.80. The van der Waals surface area contributed by atoms with E-state index in [1.807, 2.05) is 0 Å². The Hall–Kier alpha value is -1.16. The summed E-state index contributed by atoms with van der Waals surface area (Å²) >= 11 is 5.91. The zero-order valence-corrected chi connectivity index (χ0v) is 10.1. The third-order valence-corrected chi connectivity index (χ3v) is 3.98. The predicted molar refractivity (Wildman–Crippen MR) is 62.2 cm³/mol. The van der Waals surface area contributed by atoms with Crippen molar-refractivity contribution in [2.24, 2.45) is 5.92 Å². The van der Waals surface area contributed by atoms with Crippen LogP contribution in [-0.4, -0.2) is 21.0 Å². The van der Waals surface area contributed by atoms with Gasteiger partial charge in [0.1, 0.15) is 0 Å². The van der Waals surface area contributed by atoms with Crippen molar-refractivity contribution in [1.29, 1.82) is 0 Å². The van der Waals surface area contributed by atoms with Gasteiger partial charge in [-0.25, -0.2) is 9.97 Å². The molecule has 0 radical (unpaired) electrons. The Morgan fingerprint density at radius 1 is 1.29 bits per heavy atom. The smallest absolute Gasteiger partial charge is 0.306 e. The van der Waals surface area contributed by atoms with Crippen LogP contribution in [0.2, 0.25) is 5.28 Å². The Morgan fingerprint density at radius 3 is 2.76 bits per heavy atom. The summed E-state index contributed by atoms with van der Waals surface area (Å²) < 4.78 is 0. The summed E-state index contributed by atoms with van der Waals surface area (Å²) in [6.45, 7) is 0. The Balaban J connectivity index is 1.87. The molecular weight excluding hydrogens is 240 g/mol. The highest BCUT2D eigenvalue weighted by Gasteiger charge is 2.38.